The van der Waals surface area contributed by atoms with Crippen molar-refractivity contribution < 1.29 is 30.7 Å². The van der Waals surface area contributed by atoms with E-state index in [4.69, 9.17) is 0 Å². The molecule has 0 amide bonds. The van der Waals surface area contributed by atoms with E-state index in [1.807, 2.05) is 0 Å². The summed E-state index contributed by atoms with van der Waals surface area (Å²) in [5, 5.41) is 0. The predicted octanol–water partition coefficient (Wildman–Crippen LogP) is 3.44. The van der Waals surface area contributed by atoms with Crippen LogP contribution >= 0.6 is 0 Å². The van der Waals surface area contributed by atoms with E-state index in [-0.39, 0.29) is 0 Å². The Morgan fingerprint density at radius 1 is 1.07 bits per heavy atom. The summed E-state index contributed by atoms with van der Waals surface area (Å²) < 4.78 is 83.3. The minimum absolute atomic E-state index is 0.457. The molecule has 0 saturated carbocycles. The first-order chi connectivity index (χ1) is 6.13. The molecule has 0 spiro atoms. The molecule has 0 aromatic carbocycles. The van der Waals surface area contributed by atoms with Crippen LogP contribution in [-0.2, 0) is 0 Å². The lowest BCUT2D eigenvalue weighted by molar-refractivity contribution is -0.304. The highest BCUT2D eigenvalue weighted by atomic mass is 19.4. The zero-order chi connectivity index (χ0) is 11.6. The van der Waals surface area contributed by atoms with Crippen molar-refractivity contribution in [3.63, 3.8) is 0 Å². The maximum Gasteiger partial charge on any atom is 0.456 e. The number of rotatable bonds is 4. The minimum Gasteiger partial charge on any atom is -0.243 e. The summed E-state index contributed by atoms with van der Waals surface area (Å²) in [7, 11) is 0. The zero-order valence-electron chi connectivity index (χ0n) is 6.79. The van der Waals surface area contributed by atoms with Gasteiger partial charge >= 0.3 is 12.1 Å². The second-order valence-corrected chi connectivity index (χ2v) is 2.58. The summed E-state index contributed by atoms with van der Waals surface area (Å²) in [6, 6.07) is 0. The van der Waals surface area contributed by atoms with Crippen molar-refractivity contribution in [1.29, 1.82) is 0 Å². The lowest BCUT2D eigenvalue weighted by Gasteiger charge is -2.23. The quantitative estimate of drug-likeness (QED) is 0.506. The fourth-order valence-electron chi connectivity index (χ4n) is 0.620. The number of hydrogen-bond donors (Lipinski definition) is 0. The molecular formula is C7H7F7. The van der Waals surface area contributed by atoms with E-state index in [0.717, 1.165) is 0 Å². The summed E-state index contributed by atoms with van der Waals surface area (Å²) in [6.07, 6.45) is -12.9. The Morgan fingerprint density at radius 3 is 1.79 bits per heavy atom. The van der Waals surface area contributed by atoms with Gasteiger partial charge < -0.3 is 0 Å². The third-order valence-electron chi connectivity index (χ3n) is 1.46. The molecule has 0 aromatic heterocycles. The monoisotopic (exact) mass is 224 g/mol. The molecule has 0 aliphatic rings. The van der Waals surface area contributed by atoms with Crippen LogP contribution in [0.5, 0.6) is 0 Å². The van der Waals surface area contributed by atoms with Gasteiger partial charge in [0.15, 0.2) is 6.17 Å². The van der Waals surface area contributed by atoms with E-state index in [0.29, 0.717) is 6.08 Å². The standard InChI is InChI=1S/C7H7F7/c1-2-4(8)3-5(9)6(10,11)7(12,13)14/h2,4-5H,1,3H2. The molecule has 0 heterocycles. The van der Waals surface area contributed by atoms with Gasteiger partial charge in [-0.15, -0.1) is 6.58 Å². The molecule has 0 bridgehead atoms. The third-order valence-corrected chi connectivity index (χ3v) is 1.46. The maximum atomic E-state index is 12.4. The van der Waals surface area contributed by atoms with Gasteiger partial charge in [-0.3, -0.25) is 0 Å². The molecule has 2 unspecified atom stereocenters. The Kier molecular flexibility index (Phi) is 3.96. The minimum atomic E-state index is -6.01. The summed E-state index contributed by atoms with van der Waals surface area (Å²) in [4.78, 5) is 0. The summed E-state index contributed by atoms with van der Waals surface area (Å²) in [5.74, 6) is -5.53. The molecular weight excluding hydrogens is 217 g/mol. The van der Waals surface area contributed by atoms with Crippen molar-refractivity contribution in [3.8, 4) is 0 Å². The first kappa shape index (κ1) is 13.2. The number of halogens is 7. The van der Waals surface area contributed by atoms with Crippen molar-refractivity contribution in [2.75, 3.05) is 0 Å². The molecule has 0 N–H and O–H groups in total. The molecule has 2 atom stereocenters. The van der Waals surface area contributed by atoms with E-state index >= 15 is 0 Å². The normalized spacial score (nSPS) is 17.6. The van der Waals surface area contributed by atoms with E-state index in [1.54, 1.807) is 0 Å². The highest BCUT2D eigenvalue weighted by molar-refractivity contribution is 4.90. The lowest BCUT2D eigenvalue weighted by Crippen LogP contribution is -2.45. The van der Waals surface area contributed by atoms with Gasteiger partial charge in [-0.2, -0.15) is 22.0 Å². The Hall–Kier alpha value is -0.750. The first-order valence-electron chi connectivity index (χ1n) is 3.48. The Bertz CT molecular complexity index is 195. The molecule has 0 saturated heterocycles. The van der Waals surface area contributed by atoms with Gasteiger partial charge in [0.2, 0.25) is 0 Å². The number of alkyl halides is 7. The fourth-order valence-corrected chi connectivity index (χ4v) is 0.620. The average molecular weight is 224 g/mol. The van der Waals surface area contributed by atoms with Crippen molar-refractivity contribution in [2.45, 2.75) is 30.9 Å². The molecule has 0 rings (SSSR count). The second kappa shape index (κ2) is 4.18. The van der Waals surface area contributed by atoms with Crippen LogP contribution in [0.3, 0.4) is 0 Å². The largest absolute Gasteiger partial charge is 0.456 e. The van der Waals surface area contributed by atoms with E-state index in [9.17, 15) is 30.7 Å². The van der Waals surface area contributed by atoms with Crippen LogP contribution < -0.4 is 0 Å². The molecule has 0 nitrogen and oxygen atoms in total. The molecule has 14 heavy (non-hydrogen) atoms. The van der Waals surface area contributed by atoms with Crippen LogP contribution in [0.25, 0.3) is 0 Å². The fraction of sp³-hybridized carbons (Fsp3) is 0.714. The SMILES string of the molecule is C=CC(F)CC(F)C(F)(F)C(F)(F)F. The Balaban J connectivity index is 4.51. The van der Waals surface area contributed by atoms with Crippen molar-refractivity contribution in [1.82, 2.24) is 0 Å². The van der Waals surface area contributed by atoms with Crippen LogP contribution in [-0.4, -0.2) is 24.4 Å². The van der Waals surface area contributed by atoms with Crippen LogP contribution in [0.15, 0.2) is 12.7 Å². The Morgan fingerprint density at radius 2 is 1.50 bits per heavy atom. The molecule has 0 fully saturated rings. The zero-order valence-corrected chi connectivity index (χ0v) is 6.79. The summed E-state index contributed by atoms with van der Waals surface area (Å²) in [6.45, 7) is 2.79. The van der Waals surface area contributed by atoms with Crippen LogP contribution in [0.2, 0.25) is 0 Å². The number of hydrogen-bond acceptors (Lipinski definition) is 0. The molecule has 7 heteroatoms. The second-order valence-electron chi connectivity index (χ2n) is 2.58. The van der Waals surface area contributed by atoms with Gasteiger partial charge in [0.25, 0.3) is 0 Å². The molecule has 0 radical (unpaired) electrons. The molecule has 0 aliphatic carbocycles. The van der Waals surface area contributed by atoms with Crippen LogP contribution in [0.1, 0.15) is 6.42 Å². The average Bonchev–Trinajstić information content (AvgIpc) is 2.01. The van der Waals surface area contributed by atoms with Crippen LogP contribution in [0, 0.1) is 0 Å². The highest BCUT2D eigenvalue weighted by Crippen LogP contribution is 2.41. The summed E-state index contributed by atoms with van der Waals surface area (Å²) >= 11 is 0. The van der Waals surface area contributed by atoms with Crippen LogP contribution in [0.4, 0.5) is 30.7 Å². The summed E-state index contributed by atoms with van der Waals surface area (Å²) in [5.41, 5.74) is 0. The maximum absolute atomic E-state index is 12.4. The van der Waals surface area contributed by atoms with Gasteiger partial charge in [0.1, 0.15) is 6.17 Å². The van der Waals surface area contributed by atoms with Gasteiger partial charge in [-0.05, 0) is 0 Å². The molecule has 0 aromatic rings. The van der Waals surface area contributed by atoms with E-state index in [2.05, 4.69) is 6.58 Å². The van der Waals surface area contributed by atoms with Gasteiger partial charge in [0, 0.05) is 6.42 Å². The Labute approximate surface area is 75.4 Å². The van der Waals surface area contributed by atoms with Gasteiger partial charge in [-0.1, -0.05) is 6.08 Å². The van der Waals surface area contributed by atoms with Crippen molar-refractivity contribution in [2.24, 2.45) is 0 Å². The first-order valence-corrected chi connectivity index (χ1v) is 3.48. The van der Waals surface area contributed by atoms with Gasteiger partial charge in [-0.25, -0.2) is 8.78 Å². The molecule has 84 valence electrons. The van der Waals surface area contributed by atoms with Gasteiger partial charge in [0.05, 0.1) is 0 Å². The van der Waals surface area contributed by atoms with Crippen molar-refractivity contribution >= 4 is 0 Å². The van der Waals surface area contributed by atoms with Crippen molar-refractivity contribution in [3.05, 3.63) is 12.7 Å². The lowest BCUT2D eigenvalue weighted by atomic mass is 10.1. The van der Waals surface area contributed by atoms with E-state index in [1.165, 1.54) is 0 Å². The highest BCUT2D eigenvalue weighted by Gasteiger charge is 2.63. The number of allylic oxidation sites excluding steroid dienone is 1. The predicted molar refractivity (Wildman–Crippen MR) is 35.6 cm³/mol. The smallest absolute Gasteiger partial charge is 0.243 e. The topological polar surface area (TPSA) is 0 Å². The third kappa shape index (κ3) is 2.88. The van der Waals surface area contributed by atoms with E-state index < -0.39 is 30.9 Å². The molecule has 0 aliphatic heterocycles.